The molecule has 182 valence electrons. The van der Waals surface area contributed by atoms with Crippen LogP contribution in [0, 0.1) is 0 Å². The lowest BCUT2D eigenvalue weighted by Gasteiger charge is -2.32. The van der Waals surface area contributed by atoms with Crippen LogP contribution in [0.5, 0.6) is 0 Å². The Labute approximate surface area is 201 Å². The summed E-state index contributed by atoms with van der Waals surface area (Å²) >= 11 is 0. The molecule has 1 amide bonds. The summed E-state index contributed by atoms with van der Waals surface area (Å²) in [4.78, 5) is 32.0. The molecule has 0 bridgehead atoms. The van der Waals surface area contributed by atoms with Crippen LogP contribution in [0.1, 0.15) is 93.6 Å². The number of amides is 1. The smallest absolute Gasteiger partial charge is 0.300 e. The van der Waals surface area contributed by atoms with Crippen LogP contribution in [-0.4, -0.2) is 51.4 Å². The maximum atomic E-state index is 13.3. The lowest BCUT2D eigenvalue weighted by Crippen LogP contribution is -2.48. The number of fused-ring (bicyclic) bond motifs is 1. The van der Waals surface area contributed by atoms with Crippen LogP contribution in [0.3, 0.4) is 0 Å². The Balaban J connectivity index is 1.24. The van der Waals surface area contributed by atoms with Crippen LogP contribution in [0.25, 0.3) is 0 Å². The van der Waals surface area contributed by atoms with Gasteiger partial charge in [0.2, 0.25) is 11.9 Å². The third-order valence-corrected chi connectivity index (χ3v) is 8.14. The van der Waals surface area contributed by atoms with Gasteiger partial charge in [0.05, 0.1) is 11.9 Å². The number of carbonyl (C=O) groups excluding carboxylic acids is 1. The quantitative estimate of drug-likeness (QED) is 0.685. The van der Waals surface area contributed by atoms with E-state index in [0.717, 1.165) is 81.9 Å². The van der Waals surface area contributed by atoms with Gasteiger partial charge in [-0.15, -0.1) is 0 Å². The first-order valence-electron chi connectivity index (χ1n) is 13.4. The lowest BCUT2D eigenvalue weighted by atomic mass is 9.88. The second-order valence-electron chi connectivity index (χ2n) is 10.4. The van der Waals surface area contributed by atoms with E-state index in [4.69, 9.17) is 14.4 Å². The monoisotopic (exact) mass is 464 g/mol. The van der Waals surface area contributed by atoms with Crippen LogP contribution < -0.4 is 10.2 Å². The number of nitrogens with zero attached hydrogens (tertiary/aromatic N) is 5. The number of likely N-dealkylation sites (tertiary alicyclic amines) is 1. The molecule has 0 spiro atoms. The Bertz CT molecular complexity index is 1020. The zero-order chi connectivity index (χ0) is 22.9. The standard InChI is InChI=1S/C26H36N6O2/c33-24(31-14-5-2-6-15-31)21-13-8-16-32(21)25-28-20-12-7-11-19(20)23(29-25)30-26-27-17-22(34-26)18-9-3-1-4-10-18/h17-18,21H,1-16H2,(H,27,28,29,30). The van der Waals surface area contributed by atoms with Crippen LogP contribution in [0.15, 0.2) is 10.6 Å². The molecule has 1 saturated carbocycles. The minimum Gasteiger partial charge on any atom is -0.428 e. The summed E-state index contributed by atoms with van der Waals surface area (Å²) in [5.41, 5.74) is 2.27. The van der Waals surface area contributed by atoms with Gasteiger partial charge in [-0.25, -0.2) is 9.97 Å². The Morgan fingerprint density at radius 3 is 2.59 bits per heavy atom. The van der Waals surface area contributed by atoms with Crippen LogP contribution in [0.4, 0.5) is 17.8 Å². The number of anilines is 3. The Kier molecular flexibility index (Phi) is 6.14. The summed E-state index contributed by atoms with van der Waals surface area (Å²) < 4.78 is 6.13. The zero-order valence-electron chi connectivity index (χ0n) is 20.1. The fraction of sp³-hybridized carbons (Fsp3) is 0.692. The van der Waals surface area contributed by atoms with E-state index in [9.17, 15) is 4.79 Å². The summed E-state index contributed by atoms with van der Waals surface area (Å²) in [7, 11) is 0. The topological polar surface area (TPSA) is 87.4 Å². The number of hydrogen-bond donors (Lipinski definition) is 1. The summed E-state index contributed by atoms with van der Waals surface area (Å²) in [6, 6.07) is 0.367. The SMILES string of the molecule is O=C(C1CCCN1c1nc2c(c(Nc3ncc(C4CCCCC4)o3)n1)CCC2)N1CCCCC1. The Morgan fingerprint density at radius 2 is 1.74 bits per heavy atom. The van der Waals surface area contributed by atoms with Crippen molar-refractivity contribution in [2.24, 2.45) is 0 Å². The summed E-state index contributed by atoms with van der Waals surface area (Å²) in [5, 5.41) is 3.38. The molecule has 6 rings (SSSR count). The minimum absolute atomic E-state index is 0.148. The fourth-order valence-electron chi connectivity index (χ4n) is 6.26. The Morgan fingerprint density at radius 1 is 0.912 bits per heavy atom. The highest BCUT2D eigenvalue weighted by Crippen LogP contribution is 2.36. The van der Waals surface area contributed by atoms with Crippen LogP contribution in [-0.2, 0) is 17.6 Å². The first kappa shape index (κ1) is 21.9. The van der Waals surface area contributed by atoms with Gasteiger partial charge in [-0.1, -0.05) is 19.3 Å². The average Bonchev–Trinajstić information content (AvgIpc) is 3.65. The lowest BCUT2D eigenvalue weighted by molar-refractivity contribution is -0.133. The molecule has 2 aliphatic carbocycles. The largest absolute Gasteiger partial charge is 0.428 e. The average molecular weight is 465 g/mol. The molecular formula is C26H36N6O2. The maximum Gasteiger partial charge on any atom is 0.300 e. The predicted molar refractivity (Wildman–Crippen MR) is 130 cm³/mol. The second-order valence-corrected chi connectivity index (χ2v) is 10.4. The van der Waals surface area contributed by atoms with Gasteiger partial charge in [-0.3, -0.25) is 10.1 Å². The van der Waals surface area contributed by atoms with E-state index in [2.05, 4.69) is 20.1 Å². The third kappa shape index (κ3) is 4.27. The van der Waals surface area contributed by atoms with Crippen molar-refractivity contribution in [2.45, 2.75) is 95.4 Å². The number of carbonyl (C=O) groups is 1. The summed E-state index contributed by atoms with van der Waals surface area (Å²) in [5.74, 6) is 3.19. The number of rotatable bonds is 5. The zero-order valence-corrected chi connectivity index (χ0v) is 20.1. The summed E-state index contributed by atoms with van der Waals surface area (Å²) in [6.45, 7) is 2.59. The van der Waals surface area contributed by atoms with E-state index in [1.165, 1.54) is 44.1 Å². The molecule has 8 heteroatoms. The van der Waals surface area contributed by atoms with E-state index in [-0.39, 0.29) is 11.9 Å². The van der Waals surface area contributed by atoms with Crippen molar-refractivity contribution in [3.63, 3.8) is 0 Å². The molecule has 2 aromatic heterocycles. The molecule has 2 saturated heterocycles. The van der Waals surface area contributed by atoms with Gasteiger partial charge in [-0.05, 0) is 64.2 Å². The van der Waals surface area contributed by atoms with Gasteiger partial charge >= 0.3 is 6.01 Å². The molecule has 4 aliphatic rings. The molecule has 8 nitrogen and oxygen atoms in total. The van der Waals surface area contributed by atoms with Gasteiger partial charge in [0, 0.05) is 31.1 Å². The highest BCUT2D eigenvalue weighted by Gasteiger charge is 2.36. The molecule has 3 fully saturated rings. The van der Waals surface area contributed by atoms with Crippen LogP contribution >= 0.6 is 0 Å². The van der Waals surface area contributed by atoms with Crippen LogP contribution in [0.2, 0.25) is 0 Å². The third-order valence-electron chi connectivity index (χ3n) is 8.14. The maximum absolute atomic E-state index is 13.3. The molecule has 34 heavy (non-hydrogen) atoms. The molecule has 2 aliphatic heterocycles. The molecular weight excluding hydrogens is 428 g/mol. The molecule has 1 N–H and O–H groups in total. The number of nitrogens with one attached hydrogen (secondary N) is 1. The van der Waals surface area contributed by atoms with E-state index >= 15 is 0 Å². The van der Waals surface area contributed by atoms with Gasteiger partial charge in [0.15, 0.2) is 0 Å². The van der Waals surface area contributed by atoms with E-state index in [1.807, 2.05) is 6.20 Å². The number of piperidine rings is 1. The normalized spacial score (nSPS) is 23.4. The van der Waals surface area contributed by atoms with Crippen molar-refractivity contribution < 1.29 is 9.21 Å². The first-order chi connectivity index (χ1) is 16.8. The molecule has 0 radical (unpaired) electrons. The first-order valence-corrected chi connectivity index (χ1v) is 13.4. The van der Waals surface area contributed by atoms with E-state index < -0.39 is 0 Å². The van der Waals surface area contributed by atoms with Crippen molar-refractivity contribution in [2.75, 3.05) is 29.9 Å². The number of oxazole rings is 1. The van der Waals surface area contributed by atoms with E-state index in [0.29, 0.717) is 17.9 Å². The van der Waals surface area contributed by atoms with Crippen molar-refractivity contribution in [3.8, 4) is 0 Å². The summed E-state index contributed by atoms with van der Waals surface area (Å²) in [6.07, 6.45) is 16.4. The van der Waals surface area contributed by atoms with Gasteiger partial charge in [-0.2, -0.15) is 4.98 Å². The molecule has 4 heterocycles. The van der Waals surface area contributed by atoms with Crippen molar-refractivity contribution in [1.82, 2.24) is 19.9 Å². The molecule has 1 atom stereocenters. The van der Waals surface area contributed by atoms with Gasteiger partial charge in [0.25, 0.3) is 0 Å². The van der Waals surface area contributed by atoms with E-state index in [1.54, 1.807) is 0 Å². The Hall–Kier alpha value is -2.64. The van der Waals surface area contributed by atoms with Gasteiger partial charge in [0.1, 0.15) is 17.6 Å². The predicted octanol–water partition coefficient (Wildman–Crippen LogP) is 4.73. The van der Waals surface area contributed by atoms with Crippen molar-refractivity contribution >= 4 is 23.7 Å². The van der Waals surface area contributed by atoms with Crippen molar-refractivity contribution in [3.05, 3.63) is 23.2 Å². The molecule has 2 aromatic rings. The van der Waals surface area contributed by atoms with Gasteiger partial charge < -0.3 is 14.2 Å². The number of aromatic nitrogens is 3. The van der Waals surface area contributed by atoms with Crippen molar-refractivity contribution in [1.29, 1.82) is 0 Å². The highest BCUT2D eigenvalue weighted by atomic mass is 16.4. The fourth-order valence-corrected chi connectivity index (χ4v) is 6.26. The molecule has 0 aromatic carbocycles. The number of hydrogen-bond acceptors (Lipinski definition) is 7. The highest BCUT2D eigenvalue weighted by molar-refractivity contribution is 5.85. The number of aryl methyl sites for hydroxylation is 1. The molecule has 1 unspecified atom stereocenters. The second kappa shape index (κ2) is 9.55. The minimum atomic E-state index is -0.148.